The molecule has 1 aliphatic heterocycles. The Bertz CT molecular complexity index is 802. The van der Waals surface area contributed by atoms with E-state index in [0.717, 1.165) is 18.7 Å². The lowest BCUT2D eigenvalue weighted by molar-refractivity contribution is -0.198. The highest BCUT2D eigenvalue weighted by Crippen LogP contribution is 2.43. The molecule has 1 saturated carbocycles. The van der Waals surface area contributed by atoms with Gasteiger partial charge in [0.1, 0.15) is 12.4 Å². The molecule has 2 aliphatic rings. The zero-order valence-electron chi connectivity index (χ0n) is 21.8. The molecule has 0 spiro atoms. The van der Waals surface area contributed by atoms with Gasteiger partial charge in [-0.05, 0) is 54.6 Å². The van der Waals surface area contributed by atoms with Crippen LogP contribution < -0.4 is 15.0 Å². The van der Waals surface area contributed by atoms with Crippen LogP contribution in [0.25, 0.3) is 0 Å². The summed E-state index contributed by atoms with van der Waals surface area (Å²) in [7, 11) is -2.43. The fraction of sp³-hybridized carbons (Fsp3) is 0.769. The van der Waals surface area contributed by atoms with Gasteiger partial charge in [0.2, 0.25) is 8.32 Å². The lowest BCUT2D eigenvalue weighted by Gasteiger charge is -2.48. The molecule has 1 N–H and O–H groups in total. The van der Waals surface area contributed by atoms with Gasteiger partial charge in [-0.25, -0.2) is 0 Å². The monoisotopic (exact) mass is 516 g/mol. The van der Waals surface area contributed by atoms with Gasteiger partial charge in [0.15, 0.2) is 0 Å². The van der Waals surface area contributed by atoms with Gasteiger partial charge in [0.05, 0.1) is 5.02 Å². The van der Waals surface area contributed by atoms with Crippen LogP contribution in [0.5, 0.6) is 5.75 Å². The van der Waals surface area contributed by atoms with Gasteiger partial charge in [0.25, 0.3) is 0 Å². The zero-order chi connectivity index (χ0) is 25.3. The van der Waals surface area contributed by atoms with Crippen LogP contribution in [0, 0.1) is 0 Å². The molecule has 2 fully saturated rings. The van der Waals surface area contributed by atoms with E-state index in [1.165, 1.54) is 19.3 Å². The molecule has 3 rings (SSSR count). The summed E-state index contributed by atoms with van der Waals surface area (Å²) < 4.78 is 41.1. The molecule has 0 bridgehead atoms. The average molecular weight is 517 g/mol. The SMILES string of the molecule is CC(C)[Si](OCC(F)(F)Oc1ccc(N2C[C@@H](C)N[C@H]3CCCC[C@@H]32)cc1Cl)(C(C)C)C(C)C. The molecule has 0 aromatic heterocycles. The Morgan fingerprint density at radius 3 is 2.29 bits per heavy atom. The van der Waals surface area contributed by atoms with E-state index in [0.29, 0.717) is 18.1 Å². The van der Waals surface area contributed by atoms with Crippen LogP contribution in [-0.4, -0.2) is 45.7 Å². The molecule has 0 unspecified atom stereocenters. The fourth-order valence-corrected chi connectivity index (χ4v) is 12.1. The van der Waals surface area contributed by atoms with Crippen molar-refractivity contribution in [1.82, 2.24) is 5.32 Å². The molecular formula is C26H43ClF2N2O2Si. The summed E-state index contributed by atoms with van der Waals surface area (Å²) in [5.41, 5.74) is 1.62. The summed E-state index contributed by atoms with van der Waals surface area (Å²) in [6.07, 6.45) is 1.29. The third-order valence-electron chi connectivity index (χ3n) is 7.80. The molecule has 3 atom stereocenters. The highest BCUT2D eigenvalue weighted by molar-refractivity contribution is 6.77. The van der Waals surface area contributed by atoms with E-state index in [9.17, 15) is 8.78 Å². The first kappa shape index (κ1) is 27.7. The molecule has 0 amide bonds. The summed E-state index contributed by atoms with van der Waals surface area (Å²) in [5, 5.41) is 3.92. The fourth-order valence-electron chi connectivity index (χ4n) is 6.47. The van der Waals surface area contributed by atoms with Crippen LogP contribution in [0.2, 0.25) is 21.6 Å². The van der Waals surface area contributed by atoms with E-state index in [4.69, 9.17) is 20.8 Å². The second kappa shape index (κ2) is 11.0. The Balaban J connectivity index is 1.73. The predicted octanol–water partition coefficient (Wildman–Crippen LogP) is 7.61. The standard InChI is InChI=1S/C26H43ClF2N2O2Si/c1-17(2)34(18(3)4,19(5)6)32-16-26(28,29)33-25-13-12-21(14-22(25)27)31-15-20(7)30-23-10-8-9-11-24(23)31/h12-14,17-20,23-24,30H,8-11,15-16H2,1-7H3/t20-,23+,24+/m1/s1. The maximum atomic E-state index is 14.9. The molecular weight excluding hydrogens is 474 g/mol. The maximum Gasteiger partial charge on any atom is 0.420 e. The van der Waals surface area contributed by atoms with Crippen LogP contribution in [-0.2, 0) is 4.43 Å². The quantitative estimate of drug-likeness (QED) is 0.342. The summed E-state index contributed by atoms with van der Waals surface area (Å²) in [6, 6.07) is 6.44. The molecule has 4 nitrogen and oxygen atoms in total. The van der Waals surface area contributed by atoms with Gasteiger partial charge in [-0.3, -0.25) is 0 Å². The van der Waals surface area contributed by atoms with E-state index >= 15 is 0 Å². The Morgan fingerprint density at radius 2 is 1.71 bits per heavy atom. The number of benzene rings is 1. The number of piperazine rings is 1. The van der Waals surface area contributed by atoms with E-state index < -0.39 is 21.0 Å². The number of hydrogen-bond acceptors (Lipinski definition) is 4. The minimum Gasteiger partial charge on any atom is -0.429 e. The minimum absolute atomic E-state index is 0.00620. The summed E-state index contributed by atoms with van der Waals surface area (Å²) in [5.74, 6) is -0.00620. The van der Waals surface area contributed by atoms with Gasteiger partial charge in [-0.2, -0.15) is 8.78 Å². The Hall–Kier alpha value is -0.893. The lowest BCUT2D eigenvalue weighted by atomic mass is 9.86. The van der Waals surface area contributed by atoms with Gasteiger partial charge in [-0.1, -0.05) is 66.0 Å². The number of fused-ring (bicyclic) bond motifs is 1. The topological polar surface area (TPSA) is 33.7 Å². The molecule has 1 aromatic rings. The molecule has 1 aromatic carbocycles. The highest BCUT2D eigenvalue weighted by atomic mass is 35.5. The first-order chi connectivity index (χ1) is 15.9. The second-order valence-corrected chi connectivity index (χ2v) is 17.0. The number of anilines is 1. The molecule has 1 aliphatic carbocycles. The van der Waals surface area contributed by atoms with Crippen molar-refractivity contribution in [3.05, 3.63) is 23.2 Å². The van der Waals surface area contributed by atoms with Crippen LogP contribution >= 0.6 is 11.6 Å². The van der Waals surface area contributed by atoms with Gasteiger partial charge in [-0.15, -0.1) is 0 Å². The molecule has 0 radical (unpaired) electrons. The van der Waals surface area contributed by atoms with E-state index in [-0.39, 0.29) is 27.4 Å². The third-order valence-corrected chi connectivity index (χ3v) is 14.2. The van der Waals surface area contributed by atoms with Crippen molar-refractivity contribution in [2.75, 3.05) is 18.1 Å². The number of nitrogens with one attached hydrogen (secondary N) is 1. The molecule has 8 heteroatoms. The number of nitrogens with zero attached hydrogens (tertiary/aromatic N) is 1. The molecule has 1 heterocycles. The van der Waals surface area contributed by atoms with Crippen LogP contribution in [0.1, 0.15) is 74.1 Å². The largest absolute Gasteiger partial charge is 0.429 e. The van der Waals surface area contributed by atoms with Crippen molar-refractivity contribution in [3.63, 3.8) is 0 Å². The molecule has 1 saturated heterocycles. The predicted molar refractivity (Wildman–Crippen MR) is 140 cm³/mol. The number of hydrogen-bond donors (Lipinski definition) is 1. The molecule has 34 heavy (non-hydrogen) atoms. The smallest absolute Gasteiger partial charge is 0.420 e. The third kappa shape index (κ3) is 5.90. The van der Waals surface area contributed by atoms with Crippen molar-refractivity contribution < 1.29 is 17.9 Å². The maximum absolute atomic E-state index is 14.9. The number of rotatable bonds is 9. The van der Waals surface area contributed by atoms with Crippen molar-refractivity contribution in [2.24, 2.45) is 0 Å². The van der Waals surface area contributed by atoms with Crippen molar-refractivity contribution >= 4 is 25.6 Å². The summed E-state index contributed by atoms with van der Waals surface area (Å²) >= 11 is 6.47. The van der Waals surface area contributed by atoms with E-state index in [1.54, 1.807) is 12.1 Å². The first-order valence-electron chi connectivity index (χ1n) is 12.9. The van der Waals surface area contributed by atoms with Crippen molar-refractivity contribution in [3.8, 4) is 5.75 Å². The average Bonchev–Trinajstić information content (AvgIpc) is 2.74. The second-order valence-electron chi connectivity index (χ2n) is 11.1. The first-order valence-corrected chi connectivity index (χ1v) is 15.4. The summed E-state index contributed by atoms with van der Waals surface area (Å²) in [6.45, 7) is 14.8. The number of ether oxygens (including phenoxy) is 1. The Morgan fingerprint density at radius 1 is 1.09 bits per heavy atom. The Labute approximate surface area is 210 Å². The highest BCUT2D eigenvalue weighted by Gasteiger charge is 2.48. The lowest BCUT2D eigenvalue weighted by Crippen LogP contribution is -2.62. The van der Waals surface area contributed by atoms with Gasteiger partial charge in [0, 0.05) is 30.4 Å². The summed E-state index contributed by atoms with van der Waals surface area (Å²) in [4.78, 5) is 2.38. The van der Waals surface area contributed by atoms with Crippen molar-refractivity contribution in [2.45, 2.75) is 115 Å². The molecule has 194 valence electrons. The van der Waals surface area contributed by atoms with Crippen LogP contribution in [0.3, 0.4) is 0 Å². The van der Waals surface area contributed by atoms with E-state index in [2.05, 4.69) is 58.7 Å². The van der Waals surface area contributed by atoms with E-state index in [1.807, 2.05) is 6.07 Å². The minimum atomic E-state index is -3.46. The van der Waals surface area contributed by atoms with Crippen molar-refractivity contribution in [1.29, 1.82) is 0 Å². The van der Waals surface area contributed by atoms with Crippen LogP contribution in [0.15, 0.2) is 18.2 Å². The zero-order valence-corrected chi connectivity index (χ0v) is 23.6. The van der Waals surface area contributed by atoms with Gasteiger partial charge < -0.3 is 19.4 Å². The number of alkyl halides is 2. The van der Waals surface area contributed by atoms with Gasteiger partial charge >= 0.3 is 6.11 Å². The Kier molecular flexibility index (Phi) is 8.97. The van der Waals surface area contributed by atoms with Crippen LogP contribution in [0.4, 0.5) is 14.5 Å². The normalized spacial score (nSPS) is 24.1. The number of halogens is 3.